The molecule has 6 heteroatoms. The van der Waals surface area contributed by atoms with Gasteiger partial charge in [0.2, 0.25) is 0 Å². The summed E-state index contributed by atoms with van der Waals surface area (Å²) in [6, 6.07) is 10.0. The molecule has 0 amide bonds. The molecule has 0 radical (unpaired) electrons. The summed E-state index contributed by atoms with van der Waals surface area (Å²) in [5, 5.41) is 0. The summed E-state index contributed by atoms with van der Waals surface area (Å²) in [5.74, 6) is 1.27. The van der Waals surface area contributed by atoms with Crippen LogP contribution in [-0.4, -0.2) is 9.55 Å². The van der Waals surface area contributed by atoms with Crippen LogP contribution in [0.25, 0.3) is 11.0 Å². The molecule has 0 aliphatic rings. The van der Waals surface area contributed by atoms with E-state index in [4.69, 9.17) is 23.2 Å². The van der Waals surface area contributed by atoms with Crippen molar-refractivity contribution < 1.29 is 0 Å². The maximum Gasteiger partial charge on any atom is 0.125 e. The Kier molecular flexibility index (Phi) is 3.85. The zero-order chi connectivity index (χ0) is 13.4. The Balaban J connectivity index is 2.10. The Labute approximate surface area is 133 Å². The molecular formula is C13H9BrCl2N2S. The van der Waals surface area contributed by atoms with Gasteiger partial charge in [0.15, 0.2) is 0 Å². The van der Waals surface area contributed by atoms with Gasteiger partial charge in [0.1, 0.15) is 5.82 Å². The number of hydrogen-bond acceptors (Lipinski definition) is 2. The van der Waals surface area contributed by atoms with Crippen molar-refractivity contribution in [2.24, 2.45) is 0 Å². The van der Waals surface area contributed by atoms with Crippen molar-refractivity contribution in [1.82, 2.24) is 9.55 Å². The zero-order valence-electron chi connectivity index (χ0n) is 9.74. The Hall–Kier alpha value is -0.550. The van der Waals surface area contributed by atoms with E-state index in [1.807, 2.05) is 24.3 Å². The van der Waals surface area contributed by atoms with Gasteiger partial charge in [-0.15, -0.1) is 22.9 Å². The van der Waals surface area contributed by atoms with Crippen LogP contribution in [0.1, 0.15) is 10.7 Å². The monoisotopic (exact) mass is 374 g/mol. The number of aromatic nitrogens is 2. The van der Waals surface area contributed by atoms with Crippen molar-refractivity contribution >= 4 is 61.5 Å². The minimum Gasteiger partial charge on any atom is -0.322 e. The van der Waals surface area contributed by atoms with Crippen LogP contribution < -0.4 is 0 Å². The number of benzene rings is 1. The van der Waals surface area contributed by atoms with Gasteiger partial charge in [-0.2, -0.15) is 0 Å². The predicted octanol–water partition coefficient (Wildman–Crippen LogP) is 5.30. The van der Waals surface area contributed by atoms with Gasteiger partial charge in [-0.25, -0.2) is 4.98 Å². The van der Waals surface area contributed by atoms with Crippen LogP contribution in [0.15, 0.2) is 34.8 Å². The predicted molar refractivity (Wildman–Crippen MR) is 85.4 cm³/mol. The quantitative estimate of drug-likeness (QED) is 0.568. The molecule has 98 valence electrons. The largest absolute Gasteiger partial charge is 0.322 e. The van der Waals surface area contributed by atoms with Gasteiger partial charge in [-0.1, -0.05) is 27.5 Å². The molecule has 0 spiro atoms. The van der Waals surface area contributed by atoms with Gasteiger partial charge in [-0.05, 0) is 30.3 Å². The summed E-state index contributed by atoms with van der Waals surface area (Å²) in [6.07, 6.45) is 0. The lowest BCUT2D eigenvalue weighted by atomic mass is 10.3. The van der Waals surface area contributed by atoms with Crippen molar-refractivity contribution in [1.29, 1.82) is 0 Å². The minimum atomic E-state index is 0.394. The molecule has 0 N–H and O–H groups in total. The standard InChI is InChI=1S/C13H9BrCl2N2S/c14-8-1-3-11-10(5-8)17-13(6-15)18(11)7-9-2-4-12(16)19-9/h1-5H,6-7H2. The molecule has 2 heterocycles. The molecule has 2 aromatic heterocycles. The second-order valence-corrected chi connectivity index (χ2v) is 7.07. The SMILES string of the molecule is ClCc1nc2cc(Br)ccc2n1Cc1ccc(Cl)s1. The van der Waals surface area contributed by atoms with Gasteiger partial charge in [0, 0.05) is 9.35 Å². The fourth-order valence-electron chi connectivity index (χ4n) is 2.02. The second kappa shape index (κ2) is 5.44. The van der Waals surface area contributed by atoms with Crippen molar-refractivity contribution in [3.63, 3.8) is 0 Å². The molecule has 0 bridgehead atoms. The number of alkyl halides is 1. The number of fused-ring (bicyclic) bond motifs is 1. The van der Waals surface area contributed by atoms with Crippen LogP contribution in [0, 0.1) is 0 Å². The highest BCUT2D eigenvalue weighted by atomic mass is 79.9. The molecule has 2 nitrogen and oxygen atoms in total. The van der Waals surface area contributed by atoms with Crippen LogP contribution in [0.3, 0.4) is 0 Å². The zero-order valence-corrected chi connectivity index (χ0v) is 13.7. The number of imidazole rings is 1. The van der Waals surface area contributed by atoms with Gasteiger partial charge >= 0.3 is 0 Å². The maximum absolute atomic E-state index is 6.00. The molecule has 0 aliphatic carbocycles. The van der Waals surface area contributed by atoms with Crippen LogP contribution in [0.5, 0.6) is 0 Å². The smallest absolute Gasteiger partial charge is 0.125 e. The topological polar surface area (TPSA) is 17.8 Å². The summed E-state index contributed by atoms with van der Waals surface area (Å²) in [6.45, 7) is 0.748. The van der Waals surface area contributed by atoms with Gasteiger partial charge in [-0.3, -0.25) is 0 Å². The van der Waals surface area contributed by atoms with Crippen LogP contribution in [-0.2, 0) is 12.4 Å². The lowest BCUT2D eigenvalue weighted by molar-refractivity contribution is 0.789. The van der Waals surface area contributed by atoms with E-state index < -0.39 is 0 Å². The lowest BCUT2D eigenvalue weighted by Gasteiger charge is -2.05. The molecular weight excluding hydrogens is 367 g/mol. The normalized spacial score (nSPS) is 11.3. The first-order valence-electron chi connectivity index (χ1n) is 5.62. The number of thiophene rings is 1. The van der Waals surface area contributed by atoms with E-state index in [1.54, 1.807) is 11.3 Å². The van der Waals surface area contributed by atoms with Crippen molar-refractivity contribution in [3.05, 3.63) is 49.8 Å². The van der Waals surface area contributed by atoms with Crippen LogP contribution in [0.2, 0.25) is 4.34 Å². The Morgan fingerprint density at radius 3 is 2.79 bits per heavy atom. The highest BCUT2D eigenvalue weighted by Crippen LogP contribution is 2.26. The highest BCUT2D eigenvalue weighted by molar-refractivity contribution is 9.10. The molecule has 0 fully saturated rings. The first-order valence-corrected chi connectivity index (χ1v) is 8.14. The van der Waals surface area contributed by atoms with E-state index in [0.717, 1.165) is 32.2 Å². The number of nitrogens with zero attached hydrogens (tertiary/aromatic N) is 2. The molecule has 0 unspecified atom stereocenters. The fraction of sp³-hybridized carbons (Fsp3) is 0.154. The number of hydrogen-bond donors (Lipinski definition) is 0. The molecule has 3 aromatic rings. The van der Waals surface area contributed by atoms with Gasteiger partial charge < -0.3 is 4.57 Å². The molecule has 3 rings (SSSR count). The third-order valence-corrected chi connectivity index (χ3v) is 4.80. The summed E-state index contributed by atoms with van der Waals surface area (Å²) < 4.78 is 3.95. The summed E-state index contributed by atoms with van der Waals surface area (Å²) in [7, 11) is 0. The fourth-order valence-corrected chi connectivity index (χ4v) is 3.65. The van der Waals surface area contributed by atoms with E-state index >= 15 is 0 Å². The second-order valence-electron chi connectivity index (χ2n) is 4.09. The molecule has 0 saturated heterocycles. The first-order chi connectivity index (χ1) is 9.17. The lowest BCUT2D eigenvalue weighted by Crippen LogP contribution is -2.02. The first kappa shape index (κ1) is 13.4. The van der Waals surface area contributed by atoms with Crippen molar-refractivity contribution in [2.45, 2.75) is 12.4 Å². The number of rotatable bonds is 3. The molecule has 0 saturated carbocycles. The molecule has 0 aliphatic heterocycles. The van der Waals surface area contributed by atoms with E-state index in [2.05, 4.69) is 31.5 Å². The highest BCUT2D eigenvalue weighted by Gasteiger charge is 2.11. The third kappa shape index (κ3) is 2.68. The van der Waals surface area contributed by atoms with E-state index in [1.165, 1.54) is 4.88 Å². The molecule has 19 heavy (non-hydrogen) atoms. The van der Waals surface area contributed by atoms with E-state index in [9.17, 15) is 0 Å². The van der Waals surface area contributed by atoms with Gasteiger partial charge in [0.05, 0.1) is 27.8 Å². The molecule has 1 aromatic carbocycles. The number of halogens is 3. The Bertz CT molecular complexity index is 735. The van der Waals surface area contributed by atoms with Crippen LogP contribution >= 0.6 is 50.5 Å². The Morgan fingerprint density at radius 2 is 2.11 bits per heavy atom. The van der Waals surface area contributed by atoms with Crippen LogP contribution in [0.4, 0.5) is 0 Å². The third-order valence-electron chi connectivity index (χ3n) is 2.85. The maximum atomic E-state index is 6.00. The van der Waals surface area contributed by atoms with E-state index in [0.29, 0.717) is 5.88 Å². The summed E-state index contributed by atoms with van der Waals surface area (Å²) >= 11 is 17.0. The average molecular weight is 376 g/mol. The van der Waals surface area contributed by atoms with Crippen molar-refractivity contribution in [3.8, 4) is 0 Å². The van der Waals surface area contributed by atoms with E-state index in [-0.39, 0.29) is 0 Å². The summed E-state index contributed by atoms with van der Waals surface area (Å²) in [5.41, 5.74) is 2.04. The molecule has 0 atom stereocenters. The average Bonchev–Trinajstić information content (AvgIpc) is 2.94. The van der Waals surface area contributed by atoms with Gasteiger partial charge in [0.25, 0.3) is 0 Å². The Morgan fingerprint density at radius 1 is 1.26 bits per heavy atom. The summed E-state index contributed by atoms with van der Waals surface area (Å²) in [4.78, 5) is 5.76. The minimum absolute atomic E-state index is 0.394. The van der Waals surface area contributed by atoms with Crippen molar-refractivity contribution in [2.75, 3.05) is 0 Å².